The molecule has 1 aromatic carbocycles. The third-order valence-corrected chi connectivity index (χ3v) is 4.62. The molecule has 1 fully saturated rings. The van der Waals surface area contributed by atoms with Crippen LogP contribution < -0.4 is 0 Å². The van der Waals surface area contributed by atoms with Gasteiger partial charge in [0, 0.05) is 19.3 Å². The second-order valence-electron chi connectivity index (χ2n) is 6.35. The van der Waals surface area contributed by atoms with Crippen LogP contribution in [0.2, 0.25) is 0 Å². The first kappa shape index (κ1) is 16.2. The van der Waals surface area contributed by atoms with Crippen LogP contribution in [0.15, 0.2) is 12.1 Å². The molecule has 0 unspecified atom stereocenters. The van der Waals surface area contributed by atoms with Gasteiger partial charge in [0.15, 0.2) is 5.78 Å². The lowest BCUT2D eigenvalue weighted by Gasteiger charge is -2.31. The first-order valence-electron chi connectivity index (χ1n) is 7.83. The Kier molecular flexibility index (Phi) is 5.54. The van der Waals surface area contributed by atoms with Crippen LogP contribution in [0, 0.1) is 26.7 Å². The molecule has 1 aliphatic rings. The summed E-state index contributed by atoms with van der Waals surface area (Å²) in [5, 5.41) is 0. The highest BCUT2D eigenvalue weighted by Crippen LogP contribution is 2.19. The smallest absolute Gasteiger partial charge is 0.177 e. The van der Waals surface area contributed by atoms with E-state index < -0.39 is 0 Å². The first-order valence-corrected chi connectivity index (χ1v) is 7.83. The molecule has 2 rings (SSSR count). The van der Waals surface area contributed by atoms with Crippen molar-refractivity contribution in [3.63, 3.8) is 0 Å². The Labute approximate surface area is 128 Å². The molecule has 0 amide bonds. The molecule has 0 bridgehead atoms. The van der Waals surface area contributed by atoms with E-state index in [1.54, 1.807) is 7.11 Å². The highest BCUT2D eigenvalue weighted by Gasteiger charge is 2.21. The van der Waals surface area contributed by atoms with E-state index in [1.807, 2.05) is 13.0 Å². The van der Waals surface area contributed by atoms with Crippen molar-refractivity contribution in [2.45, 2.75) is 33.6 Å². The van der Waals surface area contributed by atoms with Crippen LogP contribution in [-0.4, -0.2) is 44.0 Å². The van der Waals surface area contributed by atoms with Crippen molar-refractivity contribution in [2.75, 3.05) is 33.4 Å². The van der Waals surface area contributed by atoms with Crippen molar-refractivity contribution in [2.24, 2.45) is 5.92 Å². The molecular formula is C18H27NO2. The number of benzene rings is 1. The summed E-state index contributed by atoms with van der Waals surface area (Å²) in [6.45, 7) is 9.60. The molecule has 0 N–H and O–H groups in total. The Morgan fingerprint density at radius 3 is 2.38 bits per heavy atom. The molecule has 3 nitrogen and oxygen atoms in total. The number of methoxy groups -OCH3 is 1. The predicted molar refractivity (Wildman–Crippen MR) is 86.0 cm³/mol. The third kappa shape index (κ3) is 4.14. The average molecular weight is 289 g/mol. The Morgan fingerprint density at radius 2 is 1.76 bits per heavy atom. The Morgan fingerprint density at radius 1 is 1.14 bits per heavy atom. The standard InChI is InChI=1S/C18H27NO2/c1-13-9-15(3)17(10-14(13)2)18(20)11-19-7-5-16(6-8-19)12-21-4/h9-10,16H,5-8,11-12H2,1-4H3. The summed E-state index contributed by atoms with van der Waals surface area (Å²) in [4.78, 5) is 14.8. The van der Waals surface area contributed by atoms with E-state index in [0.717, 1.165) is 43.7 Å². The average Bonchev–Trinajstić information content (AvgIpc) is 2.45. The van der Waals surface area contributed by atoms with Crippen LogP contribution in [0.1, 0.15) is 39.9 Å². The molecule has 21 heavy (non-hydrogen) atoms. The van der Waals surface area contributed by atoms with E-state index in [9.17, 15) is 4.79 Å². The summed E-state index contributed by atoms with van der Waals surface area (Å²) in [6.07, 6.45) is 2.26. The van der Waals surface area contributed by atoms with Crippen LogP contribution in [0.5, 0.6) is 0 Å². The number of carbonyl (C=O) groups is 1. The number of hydrogen-bond donors (Lipinski definition) is 0. The quantitative estimate of drug-likeness (QED) is 0.780. The zero-order valence-electron chi connectivity index (χ0n) is 13.7. The minimum Gasteiger partial charge on any atom is -0.384 e. The number of ether oxygens (including phenoxy) is 1. The summed E-state index contributed by atoms with van der Waals surface area (Å²) in [7, 11) is 1.76. The molecule has 1 heterocycles. The lowest BCUT2D eigenvalue weighted by molar-refractivity contribution is 0.0809. The molecule has 0 atom stereocenters. The lowest BCUT2D eigenvalue weighted by atomic mass is 9.95. The Balaban J connectivity index is 1.95. The van der Waals surface area contributed by atoms with Crippen molar-refractivity contribution in [3.05, 3.63) is 34.4 Å². The number of piperidine rings is 1. The monoisotopic (exact) mass is 289 g/mol. The van der Waals surface area contributed by atoms with E-state index in [4.69, 9.17) is 4.74 Å². The van der Waals surface area contributed by atoms with Crippen LogP contribution in [0.25, 0.3) is 0 Å². The number of rotatable bonds is 5. The van der Waals surface area contributed by atoms with Gasteiger partial charge in [0.05, 0.1) is 6.54 Å². The summed E-state index contributed by atoms with van der Waals surface area (Å²) >= 11 is 0. The maximum Gasteiger partial charge on any atom is 0.177 e. The zero-order valence-corrected chi connectivity index (χ0v) is 13.7. The lowest BCUT2D eigenvalue weighted by Crippen LogP contribution is -2.38. The molecule has 0 saturated carbocycles. The zero-order chi connectivity index (χ0) is 15.4. The number of nitrogens with zero attached hydrogens (tertiary/aromatic N) is 1. The van der Waals surface area contributed by atoms with E-state index in [1.165, 1.54) is 11.1 Å². The molecule has 1 aromatic rings. The fraction of sp³-hybridized carbons (Fsp3) is 0.611. The highest BCUT2D eigenvalue weighted by molar-refractivity contribution is 5.99. The number of hydrogen-bond acceptors (Lipinski definition) is 3. The largest absolute Gasteiger partial charge is 0.384 e. The molecule has 1 aliphatic heterocycles. The van der Waals surface area contributed by atoms with Crippen LogP contribution in [-0.2, 0) is 4.74 Å². The van der Waals surface area contributed by atoms with Crippen molar-refractivity contribution in [1.29, 1.82) is 0 Å². The van der Waals surface area contributed by atoms with E-state index in [0.29, 0.717) is 12.5 Å². The maximum atomic E-state index is 12.5. The van der Waals surface area contributed by atoms with Crippen molar-refractivity contribution >= 4 is 5.78 Å². The molecule has 116 valence electrons. The molecule has 3 heteroatoms. The highest BCUT2D eigenvalue weighted by atomic mass is 16.5. The molecule has 0 radical (unpaired) electrons. The summed E-state index contributed by atoms with van der Waals surface area (Å²) < 4.78 is 5.22. The minimum atomic E-state index is 0.251. The molecule has 0 aromatic heterocycles. The van der Waals surface area contributed by atoms with Gasteiger partial charge in [0.25, 0.3) is 0 Å². The van der Waals surface area contributed by atoms with E-state index >= 15 is 0 Å². The van der Waals surface area contributed by atoms with Crippen LogP contribution >= 0.6 is 0 Å². The molecule has 1 saturated heterocycles. The van der Waals surface area contributed by atoms with Gasteiger partial charge in [-0.1, -0.05) is 6.07 Å². The molecule has 0 aliphatic carbocycles. The number of aryl methyl sites for hydroxylation is 3. The minimum absolute atomic E-state index is 0.251. The SMILES string of the molecule is COCC1CCN(CC(=O)c2cc(C)c(C)cc2C)CC1. The van der Waals surface area contributed by atoms with Gasteiger partial charge in [0.1, 0.15) is 0 Å². The number of ketones is 1. The van der Waals surface area contributed by atoms with Crippen LogP contribution in [0.4, 0.5) is 0 Å². The fourth-order valence-electron chi connectivity index (χ4n) is 3.10. The fourth-order valence-corrected chi connectivity index (χ4v) is 3.10. The van der Waals surface area contributed by atoms with Gasteiger partial charge >= 0.3 is 0 Å². The van der Waals surface area contributed by atoms with Crippen molar-refractivity contribution in [1.82, 2.24) is 4.90 Å². The number of likely N-dealkylation sites (tertiary alicyclic amines) is 1. The van der Waals surface area contributed by atoms with Gasteiger partial charge in [-0.25, -0.2) is 0 Å². The van der Waals surface area contributed by atoms with Gasteiger partial charge in [-0.3, -0.25) is 9.69 Å². The number of carbonyl (C=O) groups excluding carboxylic acids is 1. The molecular weight excluding hydrogens is 262 g/mol. The molecule has 0 spiro atoms. The Bertz CT molecular complexity index is 502. The summed E-state index contributed by atoms with van der Waals surface area (Å²) in [5.41, 5.74) is 4.43. The van der Waals surface area contributed by atoms with Gasteiger partial charge < -0.3 is 4.74 Å². The topological polar surface area (TPSA) is 29.5 Å². The first-order chi connectivity index (χ1) is 10.0. The van der Waals surface area contributed by atoms with Crippen LogP contribution in [0.3, 0.4) is 0 Å². The van der Waals surface area contributed by atoms with Gasteiger partial charge in [-0.15, -0.1) is 0 Å². The van der Waals surface area contributed by atoms with Gasteiger partial charge in [0.2, 0.25) is 0 Å². The second kappa shape index (κ2) is 7.19. The Hall–Kier alpha value is -1.19. The van der Waals surface area contributed by atoms with Gasteiger partial charge in [-0.05, 0) is 75.4 Å². The summed E-state index contributed by atoms with van der Waals surface area (Å²) in [5.74, 6) is 0.908. The number of Topliss-reactive ketones (excluding diaryl/α,β-unsaturated/α-hetero) is 1. The normalized spacial score (nSPS) is 17.1. The van der Waals surface area contributed by atoms with Gasteiger partial charge in [-0.2, -0.15) is 0 Å². The summed E-state index contributed by atoms with van der Waals surface area (Å²) in [6, 6.07) is 4.16. The second-order valence-corrected chi connectivity index (χ2v) is 6.35. The van der Waals surface area contributed by atoms with Crippen molar-refractivity contribution in [3.8, 4) is 0 Å². The third-order valence-electron chi connectivity index (χ3n) is 4.62. The van der Waals surface area contributed by atoms with Crippen molar-refractivity contribution < 1.29 is 9.53 Å². The maximum absolute atomic E-state index is 12.5. The predicted octanol–water partition coefficient (Wildman–Crippen LogP) is 3.15. The van der Waals surface area contributed by atoms with E-state index in [2.05, 4.69) is 24.8 Å². The van der Waals surface area contributed by atoms with E-state index in [-0.39, 0.29) is 5.78 Å².